The zero-order valence-electron chi connectivity index (χ0n) is 16.5. The number of fused-ring (bicyclic) bond motifs is 2. The predicted octanol–water partition coefficient (Wildman–Crippen LogP) is 1.06. The van der Waals surface area contributed by atoms with Gasteiger partial charge in [0.15, 0.2) is 11.8 Å². The summed E-state index contributed by atoms with van der Waals surface area (Å²) in [6.45, 7) is 3.89. The van der Waals surface area contributed by atoms with Crippen LogP contribution >= 0.6 is 0 Å². The highest BCUT2D eigenvalue weighted by atomic mass is 16.5. The minimum Gasteiger partial charge on any atom is -0.377 e. The molecule has 4 rings (SSSR count). The third kappa shape index (κ3) is 3.99. The maximum atomic E-state index is 5.13. The number of methoxy groups -OCH3 is 1. The van der Waals surface area contributed by atoms with Gasteiger partial charge in [0.25, 0.3) is 0 Å². The van der Waals surface area contributed by atoms with Gasteiger partial charge in [-0.3, -0.25) is 4.99 Å². The minimum absolute atomic E-state index is 0.250. The lowest BCUT2D eigenvalue weighted by Gasteiger charge is -2.25. The number of aromatic nitrogens is 5. The van der Waals surface area contributed by atoms with Gasteiger partial charge in [0.2, 0.25) is 0 Å². The minimum atomic E-state index is 0.250. The molecular weight excluding hydrogens is 356 g/mol. The average molecular weight is 382 g/mol. The van der Waals surface area contributed by atoms with Gasteiger partial charge < -0.3 is 19.8 Å². The van der Waals surface area contributed by atoms with E-state index >= 15 is 0 Å². The van der Waals surface area contributed by atoms with Crippen molar-refractivity contribution in [2.75, 3.05) is 14.2 Å². The first-order valence-corrected chi connectivity index (χ1v) is 9.47. The van der Waals surface area contributed by atoms with Crippen LogP contribution in [0.4, 0.5) is 0 Å². The Bertz CT molecular complexity index is 989. The van der Waals surface area contributed by atoms with E-state index in [1.807, 2.05) is 21.5 Å². The van der Waals surface area contributed by atoms with Gasteiger partial charge in [-0.05, 0) is 31.0 Å². The van der Waals surface area contributed by atoms with E-state index in [0.717, 1.165) is 48.3 Å². The molecule has 3 aromatic rings. The highest BCUT2D eigenvalue weighted by molar-refractivity contribution is 5.79. The van der Waals surface area contributed by atoms with E-state index in [-0.39, 0.29) is 6.04 Å². The number of hydrogen-bond donors (Lipinski definition) is 2. The second kappa shape index (κ2) is 7.97. The fraction of sp³-hybridized carbons (Fsp3) is 0.474. The van der Waals surface area contributed by atoms with Gasteiger partial charge >= 0.3 is 0 Å². The van der Waals surface area contributed by atoms with Crippen LogP contribution < -0.4 is 10.6 Å². The topological polar surface area (TPSA) is 93.7 Å². The molecule has 0 radical (unpaired) electrons. The summed E-state index contributed by atoms with van der Waals surface area (Å²) in [6.07, 6.45) is 5.94. The number of aryl methyl sites for hydroxylation is 2. The van der Waals surface area contributed by atoms with Crippen LogP contribution in [0.1, 0.15) is 29.3 Å². The van der Waals surface area contributed by atoms with Crippen molar-refractivity contribution in [2.24, 2.45) is 4.99 Å². The van der Waals surface area contributed by atoms with Crippen LogP contribution in [-0.4, -0.2) is 50.3 Å². The van der Waals surface area contributed by atoms with E-state index in [1.54, 1.807) is 14.2 Å². The summed E-state index contributed by atoms with van der Waals surface area (Å²) >= 11 is 0. The smallest absolute Gasteiger partial charge is 0.191 e. The monoisotopic (exact) mass is 382 g/mol. The number of guanidine groups is 1. The lowest BCUT2D eigenvalue weighted by molar-refractivity contribution is 0.177. The molecule has 2 N–H and O–H groups in total. The van der Waals surface area contributed by atoms with Crippen molar-refractivity contribution in [3.8, 4) is 0 Å². The van der Waals surface area contributed by atoms with E-state index in [4.69, 9.17) is 4.74 Å². The lowest BCUT2D eigenvalue weighted by Crippen LogP contribution is -2.46. The molecule has 0 bridgehead atoms. The summed E-state index contributed by atoms with van der Waals surface area (Å²) in [5, 5.41) is 11.4. The Hall–Kier alpha value is -2.94. The van der Waals surface area contributed by atoms with Gasteiger partial charge in [0.05, 0.1) is 18.8 Å². The number of pyridine rings is 1. The number of hydrogen-bond acceptors (Lipinski definition) is 5. The molecular formula is C19H26N8O. The Morgan fingerprint density at radius 3 is 3.11 bits per heavy atom. The zero-order chi connectivity index (χ0) is 19.5. The average Bonchev–Trinajstić information content (AvgIpc) is 3.27. The highest BCUT2D eigenvalue weighted by Crippen LogP contribution is 2.13. The van der Waals surface area contributed by atoms with Gasteiger partial charge in [0, 0.05) is 39.0 Å². The summed E-state index contributed by atoms with van der Waals surface area (Å²) in [5.74, 6) is 2.52. The van der Waals surface area contributed by atoms with E-state index in [0.29, 0.717) is 13.2 Å². The van der Waals surface area contributed by atoms with Crippen molar-refractivity contribution in [1.29, 1.82) is 0 Å². The summed E-state index contributed by atoms with van der Waals surface area (Å²) in [4.78, 5) is 13.5. The Balaban J connectivity index is 1.35. The fourth-order valence-corrected chi connectivity index (χ4v) is 3.45. The van der Waals surface area contributed by atoms with Crippen molar-refractivity contribution >= 4 is 11.6 Å². The van der Waals surface area contributed by atoms with Crippen molar-refractivity contribution < 1.29 is 4.74 Å². The van der Waals surface area contributed by atoms with Gasteiger partial charge in [-0.2, -0.15) is 5.10 Å². The van der Waals surface area contributed by atoms with E-state index in [2.05, 4.69) is 49.7 Å². The van der Waals surface area contributed by atoms with Crippen LogP contribution in [-0.2, 0) is 30.9 Å². The molecule has 0 amide bonds. The molecule has 0 saturated carbocycles. The molecule has 0 aliphatic carbocycles. The number of imidazole rings is 1. The quantitative estimate of drug-likeness (QED) is 0.506. The number of aliphatic imine (C=N–C) groups is 1. The zero-order valence-corrected chi connectivity index (χ0v) is 16.5. The highest BCUT2D eigenvalue weighted by Gasteiger charge is 2.22. The normalized spacial score (nSPS) is 17.0. The molecule has 4 heterocycles. The largest absolute Gasteiger partial charge is 0.377 e. The maximum Gasteiger partial charge on any atom is 0.191 e. The maximum absolute atomic E-state index is 5.13. The molecule has 0 spiro atoms. The second-order valence-electron chi connectivity index (χ2n) is 7.07. The predicted molar refractivity (Wildman–Crippen MR) is 106 cm³/mol. The van der Waals surface area contributed by atoms with Crippen molar-refractivity contribution in [2.45, 2.75) is 45.5 Å². The van der Waals surface area contributed by atoms with E-state index in [9.17, 15) is 0 Å². The number of nitrogens with one attached hydrogen (secondary N) is 2. The van der Waals surface area contributed by atoms with Gasteiger partial charge in [-0.1, -0.05) is 0 Å². The molecule has 0 saturated heterocycles. The molecule has 9 heteroatoms. The van der Waals surface area contributed by atoms with E-state index in [1.165, 1.54) is 5.56 Å². The summed E-state index contributed by atoms with van der Waals surface area (Å²) in [7, 11) is 3.44. The third-order valence-corrected chi connectivity index (χ3v) is 4.84. The molecule has 1 aliphatic heterocycles. The Morgan fingerprint density at radius 2 is 2.29 bits per heavy atom. The summed E-state index contributed by atoms with van der Waals surface area (Å²) in [6, 6.07) is 4.40. The van der Waals surface area contributed by atoms with E-state index < -0.39 is 0 Å². The number of ether oxygens (including phenoxy) is 1. The molecule has 1 unspecified atom stereocenters. The number of rotatable bonds is 5. The number of nitrogens with zero attached hydrogens (tertiary/aromatic N) is 6. The molecule has 28 heavy (non-hydrogen) atoms. The van der Waals surface area contributed by atoms with Crippen LogP contribution in [0.25, 0.3) is 5.65 Å². The Kier molecular flexibility index (Phi) is 5.25. The van der Waals surface area contributed by atoms with Gasteiger partial charge in [-0.25, -0.2) is 14.6 Å². The standard InChI is InChI=1S/C19H26N8O/c1-13-6-7-26-10-15(22-18(26)8-13)9-21-19(20-2)23-14-4-5-17-24-16(12-28-3)25-27(17)11-14/h6-8,10,14H,4-5,9,11-12H2,1-3H3,(H2,20,21,23). The molecule has 3 aromatic heterocycles. The van der Waals surface area contributed by atoms with Crippen molar-refractivity contribution in [1.82, 2.24) is 34.8 Å². The fourth-order valence-electron chi connectivity index (χ4n) is 3.45. The first kappa shape index (κ1) is 18.4. The molecule has 148 valence electrons. The third-order valence-electron chi connectivity index (χ3n) is 4.84. The molecule has 0 fully saturated rings. The van der Waals surface area contributed by atoms with Crippen LogP contribution in [0.15, 0.2) is 29.5 Å². The van der Waals surface area contributed by atoms with Crippen LogP contribution in [0, 0.1) is 6.92 Å². The molecule has 1 aliphatic rings. The van der Waals surface area contributed by atoms with Gasteiger partial charge in [-0.15, -0.1) is 0 Å². The van der Waals surface area contributed by atoms with Crippen LogP contribution in [0.2, 0.25) is 0 Å². The second-order valence-corrected chi connectivity index (χ2v) is 7.07. The van der Waals surface area contributed by atoms with Gasteiger partial charge in [0.1, 0.15) is 18.1 Å². The summed E-state index contributed by atoms with van der Waals surface area (Å²) < 4.78 is 9.12. The molecule has 0 aromatic carbocycles. The first-order valence-electron chi connectivity index (χ1n) is 9.47. The Morgan fingerprint density at radius 1 is 1.39 bits per heavy atom. The first-order chi connectivity index (χ1) is 13.6. The molecule has 1 atom stereocenters. The Labute approximate surface area is 163 Å². The lowest BCUT2D eigenvalue weighted by atomic mass is 10.1. The van der Waals surface area contributed by atoms with Crippen LogP contribution in [0.3, 0.4) is 0 Å². The van der Waals surface area contributed by atoms with Crippen molar-refractivity contribution in [3.63, 3.8) is 0 Å². The molecule has 9 nitrogen and oxygen atoms in total. The van der Waals surface area contributed by atoms with Crippen molar-refractivity contribution in [3.05, 3.63) is 47.4 Å². The van der Waals surface area contributed by atoms with Crippen LogP contribution in [0.5, 0.6) is 0 Å². The SMILES string of the molecule is CN=C(NCc1cn2ccc(C)cc2n1)NC1CCc2nc(COC)nn2C1. The summed E-state index contributed by atoms with van der Waals surface area (Å²) in [5.41, 5.74) is 3.13.